The Labute approximate surface area is 126 Å². The van der Waals surface area contributed by atoms with Crippen LogP contribution in [0.1, 0.15) is 12.8 Å². The first-order valence-corrected chi connectivity index (χ1v) is 6.54. The van der Waals surface area contributed by atoms with E-state index in [9.17, 15) is 19.2 Å². The molecule has 10 heteroatoms. The summed E-state index contributed by atoms with van der Waals surface area (Å²) < 4.78 is 0. The lowest BCUT2D eigenvalue weighted by atomic mass is 10.1. The van der Waals surface area contributed by atoms with Gasteiger partial charge in [0.2, 0.25) is 0 Å². The van der Waals surface area contributed by atoms with E-state index in [0.29, 0.717) is 26.2 Å². The molecule has 0 amide bonds. The minimum Gasteiger partial charge on any atom is -0.481 e. The molecule has 6 N–H and O–H groups in total. The molecule has 0 atom stereocenters. The lowest BCUT2D eigenvalue weighted by Gasteiger charge is -2.21. The first-order valence-electron chi connectivity index (χ1n) is 6.54. The molecule has 10 nitrogen and oxygen atoms in total. The fraction of sp³-hybridized carbons (Fsp3) is 0.667. The van der Waals surface area contributed by atoms with E-state index in [1.54, 1.807) is 0 Å². The van der Waals surface area contributed by atoms with Gasteiger partial charge in [0, 0.05) is 26.2 Å². The summed E-state index contributed by atoms with van der Waals surface area (Å²) in [6.45, 7) is 2.59. The SMILES string of the molecule is O=C(O)C1CNC1.O=C(O)C1CNC1.O=C(O)CCC(=O)O. The van der Waals surface area contributed by atoms with Crippen LogP contribution in [0.5, 0.6) is 0 Å². The van der Waals surface area contributed by atoms with Gasteiger partial charge in [-0.2, -0.15) is 0 Å². The van der Waals surface area contributed by atoms with Gasteiger partial charge in [0.05, 0.1) is 24.7 Å². The van der Waals surface area contributed by atoms with Crippen molar-refractivity contribution in [2.45, 2.75) is 12.8 Å². The van der Waals surface area contributed by atoms with Gasteiger partial charge in [0.1, 0.15) is 0 Å². The normalized spacial score (nSPS) is 16.5. The first kappa shape index (κ1) is 19.8. The van der Waals surface area contributed by atoms with Crippen LogP contribution >= 0.6 is 0 Å². The van der Waals surface area contributed by atoms with Crippen LogP contribution in [0.2, 0.25) is 0 Å². The summed E-state index contributed by atoms with van der Waals surface area (Å²) in [7, 11) is 0. The zero-order valence-corrected chi connectivity index (χ0v) is 11.8. The van der Waals surface area contributed by atoms with Gasteiger partial charge >= 0.3 is 23.9 Å². The van der Waals surface area contributed by atoms with Crippen LogP contribution in [0.15, 0.2) is 0 Å². The minimum absolute atomic E-state index is 0.111. The molecule has 0 aromatic carbocycles. The number of aliphatic carboxylic acids is 4. The lowest BCUT2D eigenvalue weighted by molar-refractivity contribution is -0.144. The van der Waals surface area contributed by atoms with E-state index in [-0.39, 0.29) is 24.7 Å². The quantitative estimate of drug-likeness (QED) is 0.350. The highest BCUT2D eigenvalue weighted by Crippen LogP contribution is 2.00. The van der Waals surface area contributed by atoms with Crippen LogP contribution in [0, 0.1) is 11.8 Å². The van der Waals surface area contributed by atoms with E-state index in [4.69, 9.17) is 20.4 Å². The maximum absolute atomic E-state index is 9.94. The second-order valence-electron chi connectivity index (χ2n) is 4.67. The summed E-state index contributed by atoms with van der Waals surface area (Å²) in [5.41, 5.74) is 0. The zero-order valence-electron chi connectivity index (χ0n) is 11.8. The van der Waals surface area contributed by atoms with E-state index in [1.165, 1.54) is 0 Å². The van der Waals surface area contributed by atoms with Crippen molar-refractivity contribution in [1.82, 2.24) is 10.6 Å². The van der Waals surface area contributed by atoms with Crippen LogP contribution in [0.4, 0.5) is 0 Å². The molecule has 2 rings (SSSR count). The second kappa shape index (κ2) is 10.5. The summed E-state index contributed by atoms with van der Waals surface area (Å²) in [4.78, 5) is 39.2. The van der Waals surface area contributed by atoms with E-state index in [1.807, 2.05) is 0 Å². The summed E-state index contributed by atoms with van der Waals surface area (Å²) in [6.07, 6.45) is -0.593. The molecule has 0 spiro atoms. The molecule has 2 saturated heterocycles. The Morgan fingerprint density at radius 1 is 0.682 bits per heavy atom. The summed E-state index contributed by atoms with van der Waals surface area (Å²) in [5, 5.41) is 37.9. The van der Waals surface area contributed by atoms with E-state index >= 15 is 0 Å². The van der Waals surface area contributed by atoms with Crippen LogP contribution in [-0.2, 0) is 19.2 Å². The molecule has 2 aliphatic heterocycles. The molecule has 126 valence electrons. The van der Waals surface area contributed by atoms with Crippen LogP contribution < -0.4 is 10.6 Å². The summed E-state index contributed by atoms with van der Waals surface area (Å²) >= 11 is 0. The Morgan fingerprint density at radius 2 is 0.955 bits per heavy atom. The predicted molar refractivity (Wildman–Crippen MR) is 72.5 cm³/mol. The van der Waals surface area contributed by atoms with Gasteiger partial charge in [-0.3, -0.25) is 19.2 Å². The highest BCUT2D eigenvalue weighted by molar-refractivity contribution is 5.75. The Morgan fingerprint density at radius 3 is 1.00 bits per heavy atom. The molecule has 0 saturated carbocycles. The highest BCUT2D eigenvalue weighted by atomic mass is 16.4. The average Bonchev–Trinajstić information content (AvgIpc) is 2.21. The van der Waals surface area contributed by atoms with E-state index in [2.05, 4.69) is 10.6 Å². The molecule has 0 bridgehead atoms. The zero-order chi connectivity index (χ0) is 17.1. The fourth-order valence-electron chi connectivity index (χ4n) is 1.14. The van der Waals surface area contributed by atoms with Gasteiger partial charge < -0.3 is 31.1 Å². The molecule has 0 aromatic rings. The summed E-state index contributed by atoms with van der Waals surface area (Å²) in [5.74, 6) is -3.74. The van der Waals surface area contributed by atoms with Crippen molar-refractivity contribution < 1.29 is 39.6 Å². The molecule has 2 fully saturated rings. The standard InChI is InChI=1S/2C4H7NO2.C4H6O4/c2*6-4(7)3-1-5-2-3;5-3(6)1-2-4(7)8/h2*3,5H,1-2H2,(H,6,7);1-2H2,(H,5,6)(H,7,8). The smallest absolute Gasteiger partial charge is 0.309 e. The number of carboxylic acid groups (broad SMARTS) is 4. The number of rotatable bonds is 5. The Bertz CT molecular complexity index is 366. The number of nitrogens with one attached hydrogen (secondary N) is 2. The van der Waals surface area contributed by atoms with Gasteiger partial charge in [0.25, 0.3) is 0 Å². The monoisotopic (exact) mass is 320 g/mol. The molecule has 0 aliphatic carbocycles. The van der Waals surface area contributed by atoms with E-state index < -0.39 is 23.9 Å². The lowest BCUT2D eigenvalue weighted by Crippen LogP contribution is -2.46. The van der Waals surface area contributed by atoms with Gasteiger partial charge in [0.15, 0.2) is 0 Å². The van der Waals surface area contributed by atoms with Crippen molar-refractivity contribution >= 4 is 23.9 Å². The van der Waals surface area contributed by atoms with Crippen LogP contribution in [0.25, 0.3) is 0 Å². The molecular formula is C12H20N2O8. The maximum atomic E-state index is 9.94. The third-order valence-corrected chi connectivity index (χ3v) is 2.81. The predicted octanol–water partition coefficient (Wildman–Crippen LogP) is -1.48. The topological polar surface area (TPSA) is 173 Å². The Kier molecular flexibility index (Phi) is 9.46. The molecule has 2 heterocycles. The Hall–Kier alpha value is -2.20. The van der Waals surface area contributed by atoms with Gasteiger partial charge in [-0.05, 0) is 0 Å². The van der Waals surface area contributed by atoms with Crippen molar-refractivity contribution in [3.8, 4) is 0 Å². The van der Waals surface area contributed by atoms with E-state index in [0.717, 1.165) is 0 Å². The Balaban J connectivity index is 0.000000301. The number of hydrogen-bond donors (Lipinski definition) is 6. The first-order chi connectivity index (χ1) is 10.2. The van der Waals surface area contributed by atoms with Crippen LogP contribution in [0.3, 0.4) is 0 Å². The molecule has 0 aromatic heterocycles. The number of hydrogen-bond acceptors (Lipinski definition) is 6. The average molecular weight is 320 g/mol. The van der Waals surface area contributed by atoms with Crippen molar-refractivity contribution in [1.29, 1.82) is 0 Å². The van der Waals surface area contributed by atoms with Crippen molar-refractivity contribution in [2.75, 3.05) is 26.2 Å². The van der Waals surface area contributed by atoms with Crippen LogP contribution in [-0.4, -0.2) is 70.5 Å². The van der Waals surface area contributed by atoms with Gasteiger partial charge in [-0.25, -0.2) is 0 Å². The molecule has 2 aliphatic rings. The van der Waals surface area contributed by atoms with Gasteiger partial charge in [-0.15, -0.1) is 0 Å². The highest BCUT2D eigenvalue weighted by Gasteiger charge is 2.23. The molecular weight excluding hydrogens is 300 g/mol. The number of carbonyl (C=O) groups is 4. The van der Waals surface area contributed by atoms with Crippen molar-refractivity contribution in [3.05, 3.63) is 0 Å². The molecule has 22 heavy (non-hydrogen) atoms. The third-order valence-electron chi connectivity index (χ3n) is 2.81. The molecule has 0 unspecified atom stereocenters. The van der Waals surface area contributed by atoms with Crippen molar-refractivity contribution in [2.24, 2.45) is 11.8 Å². The summed E-state index contributed by atoms with van der Waals surface area (Å²) in [6, 6.07) is 0. The van der Waals surface area contributed by atoms with Gasteiger partial charge in [-0.1, -0.05) is 0 Å². The maximum Gasteiger partial charge on any atom is 0.309 e. The fourth-order valence-corrected chi connectivity index (χ4v) is 1.14. The molecule has 0 radical (unpaired) electrons. The largest absolute Gasteiger partial charge is 0.481 e. The third kappa shape index (κ3) is 9.66. The second-order valence-corrected chi connectivity index (χ2v) is 4.67. The minimum atomic E-state index is -1.08. The number of carboxylic acids is 4. The van der Waals surface area contributed by atoms with Crippen molar-refractivity contribution in [3.63, 3.8) is 0 Å².